The quantitative estimate of drug-likeness (QED) is 0.765. The van der Waals surface area contributed by atoms with Gasteiger partial charge in [-0.05, 0) is 18.2 Å². The number of pyridine rings is 1. The Labute approximate surface area is 105 Å². The van der Waals surface area contributed by atoms with Crippen molar-refractivity contribution in [2.45, 2.75) is 0 Å². The zero-order chi connectivity index (χ0) is 13.1. The first-order chi connectivity index (χ1) is 8.69. The molecule has 2 rings (SSSR count). The number of rotatable bonds is 3. The largest absolute Gasteiger partial charge is 0.376 e. The summed E-state index contributed by atoms with van der Waals surface area (Å²) in [6.07, 6.45) is 4.08. The van der Waals surface area contributed by atoms with E-state index in [2.05, 4.69) is 11.1 Å². The second-order valence-corrected chi connectivity index (χ2v) is 3.96. The van der Waals surface area contributed by atoms with Gasteiger partial charge in [-0.2, -0.15) is 5.26 Å². The highest BCUT2D eigenvalue weighted by Gasteiger charge is 2.14. The summed E-state index contributed by atoms with van der Waals surface area (Å²) in [6.45, 7) is 0. The third-order valence-corrected chi connectivity index (χ3v) is 2.63. The van der Waals surface area contributed by atoms with Crippen molar-refractivity contribution in [2.75, 3.05) is 19.0 Å². The molecule has 0 saturated carbocycles. The van der Waals surface area contributed by atoms with Gasteiger partial charge in [-0.3, -0.25) is 9.36 Å². The van der Waals surface area contributed by atoms with Crippen LogP contribution in [0, 0.1) is 11.3 Å². The number of nitriles is 1. The first-order valence-electron chi connectivity index (χ1n) is 5.38. The van der Waals surface area contributed by atoms with Crippen molar-refractivity contribution in [1.29, 1.82) is 5.26 Å². The highest BCUT2D eigenvalue weighted by Crippen LogP contribution is 2.23. The summed E-state index contributed by atoms with van der Waals surface area (Å²) in [7, 11) is 3.71. The molecule has 0 aliphatic rings. The maximum Gasteiger partial charge on any atom is 0.166 e. The van der Waals surface area contributed by atoms with Crippen molar-refractivity contribution in [3.63, 3.8) is 0 Å². The average molecular weight is 240 g/mol. The first-order valence-corrected chi connectivity index (χ1v) is 5.38. The normalized spacial score (nSPS) is 9.83. The molecule has 0 bridgehead atoms. The molecular formula is C13H12N4O. The van der Waals surface area contributed by atoms with Crippen LogP contribution in [0.2, 0.25) is 0 Å². The number of carbonyl (C=O) groups is 1. The maximum atomic E-state index is 10.9. The van der Waals surface area contributed by atoms with Crippen LogP contribution in [0.5, 0.6) is 0 Å². The van der Waals surface area contributed by atoms with Gasteiger partial charge in [0.1, 0.15) is 11.6 Å². The summed E-state index contributed by atoms with van der Waals surface area (Å²) >= 11 is 0. The summed E-state index contributed by atoms with van der Waals surface area (Å²) in [5.74, 6) is 0.468. The number of aldehydes is 1. The molecular weight excluding hydrogens is 228 g/mol. The zero-order valence-corrected chi connectivity index (χ0v) is 10.2. The minimum absolute atomic E-state index is 0.446. The summed E-state index contributed by atoms with van der Waals surface area (Å²) in [5.41, 5.74) is 1.68. The lowest BCUT2D eigenvalue weighted by atomic mass is 10.2. The van der Waals surface area contributed by atoms with Crippen LogP contribution in [0.1, 0.15) is 16.1 Å². The van der Waals surface area contributed by atoms with E-state index in [0.717, 1.165) is 12.0 Å². The molecule has 0 amide bonds. The predicted octanol–water partition coefficient (Wildman–Crippen LogP) is 1.62. The van der Waals surface area contributed by atoms with Crippen LogP contribution in [-0.2, 0) is 0 Å². The molecule has 5 nitrogen and oxygen atoms in total. The van der Waals surface area contributed by atoms with E-state index in [0.29, 0.717) is 17.1 Å². The number of aromatic nitrogens is 2. The van der Waals surface area contributed by atoms with E-state index in [1.165, 1.54) is 0 Å². The Morgan fingerprint density at radius 1 is 1.44 bits per heavy atom. The first kappa shape index (κ1) is 11.9. The number of hydrogen-bond donors (Lipinski definition) is 0. The van der Waals surface area contributed by atoms with Gasteiger partial charge in [0.25, 0.3) is 0 Å². The van der Waals surface area contributed by atoms with Gasteiger partial charge < -0.3 is 4.90 Å². The lowest BCUT2D eigenvalue weighted by Crippen LogP contribution is -2.13. The predicted molar refractivity (Wildman–Crippen MR) is 68.0 cm³/mol. The molecule has 0 aromatic carbocycles. The van der Waals surface area contributed by atoms with Crippen LogP contribution in [-0.4, -0.2) is 29.9 Å². The Balaban J connectivity index is 2.69. The fraction of sp³-hybridized carbons (Fsp3) is 0.154. The standard InChI is InChI=1S/C13H12N4O/c1-16(2)12-5-6-15-13(11(12)8-14)17-7-3-4-10(17)9-18/h3-7,9H,1-2H3. The minimum atomic E-state index is 0.446. The van der Waals surface area contributed by atoms with Crippen LogP contribution in [0.25, 0.3) is 5.82 Å². The lowest BCUT2D eigenvalue weighted by molar-refractivity contribution is 0.111. The van der Waals surface area contributed by atoms with Gasteiger partial charge in [0.2, 0.25) is 0 Å². The minimum Gasteiger partial charge on any atom is -0.376 e. The lowest BCUT2D eigenvalue weighted by Gasteiger charge is -2.16. The van der Waals surface area contributed by atoms with E-state index in [9.17, 15) is 10.1 Å². The Bertz CT molecular complexity index is 622. The second-order valence-electron chi connectivity index (χ2n) is 3.96. The van der Waals surface area contributed by atoms with Crippen LogP contribution in [0.3, 0.4) is 0 Å². The Morgan fingerprint density at radius 2 is 2.22 bits per heavy atom. The third kappa shape index (κ3) is 1.84. The molecule has 0 N–H and O–H groups in total. The molecule has 5 heteroatoms. The monoisotopic (exact) mass is 240 g/mol. The SMILES string of the molecule is CN(C)c1ccnc(-n2cccc2C=O)c1C#N. The molecule has 90 valence electrons. The molecule has 0 fully saturated rings. The maximum absolute atomic E-state index is 10.9. The van der Waals surface area contributed by atoms with Crippen LogP contribution >= 0.6 is 0 Å². The number of nitrogens with zero attached hydrogens (tertiary/aromatic N) is 4. The number of hydrogen-bond acceptors (Lipinski definition) is 4. The van der Waals surface area contributed by atoms with Crippen molar-refractivity contribution in [3.05, 3.63) is 41.9 Å². The average Bonchev–Trinajstić information content (AvgIpc) is 2.85. The summed E-state index contributed by atoms with van der Waals surface area (Å²) in [4.78, 5) is 17.0. The van der Waals surface area contributed by atoms with Crippen molar-refractivity contribution in [2.24, 2.45) is 0 Å². The van der Waals surface area contributed by atoms with Gasteiger partial charge in [-0.25, -0.2) is 4.98 Å². The Kier molecular flexibility index (Phi) is 3.11. The number of carbonyl (C=O) groups excluding carboxylic acids is 1. The summed E-state index contributed by atoms with van der Waals surface area (Å²) in [6, 6.07) is 7.34. The molecule has 0 atom stereocenters. The van der Waals surface area contributed by atoms with E-state index in [1.807, 2.05) is 19.0 Å². The molecule has 0 unspecified atom stereocenters. The molecule has 18 heavy (non-hydrogen) atoms. The Hall–Kier alpha value is -2.61. The van der Waals surface area contributed by atoms with Crippen LogP contribution in [0.15, 0.2) is 30.6 Å². The second kappa shape index (κ2) is 4.72. The van der Waals surface area contributed by atoms with Crippen molar-refractivity contribution < 1.29 is 4.79 Å². The number of anilines is 1. The van der Waals surface area contributed by atoms with E-state index >= 15 is 0 Å². The van der Waals surface area contributed by atoms with Crippen molar-refractivity contribution in [1.82, 2.24) is 9.55 Å². The molecule has 0 radical (unpaired) electrons. The molecule has 2 heterocycles. The van der Waals surface area contributed by atoms with E-state index < -0.39 is 0 Å². The molecule has 0 spiro atoms. The fourth-order valence-electron chi connectivity index (χ4n) is 1.79. The van der Waals surface area contributed by atoms with Crippen molar-refractivity contribution >= 4 is 12.0 Å². The van der Waals surface area contributed by atoms with Crippen LogP contribution < -0.4 is 4.90 Å². The summed E-state index contributed by atoms with van der Waals surface area (Å²) < 4.78 is 1.61. The zero-order valence-electron chi connectivity index (χ0n) is 10.2. The van der Waals surface area contributed by atoms with E-state index in [-0.39, 0.29) is 0 Å². The van der Waals surface area contributed by atoms with E-state index in [1.54, 1.807) is 35.2 Å². The van der Waals surface area contributed by atoms with Gasteiger partial charge in [0.15, 0.2) is 12.1 Å². The molecule has 2 aromatic rings. The van der Waals surface area contributed by atoms with Crippen LogP contribution in [0.4, 0.5) is 5.69 Å². The summed E-state index contributed by atoms with van der Waals surface area (Å²) in [5, 5.41) is 9.29. The highest BCUT2D eigenvalue weighted by atomic mass is 16.1. The van der Waals surface area contributed by atoms with Gasteiger partial charge >= 0.3 is 0 Å². The smallest absolute Gasteiger partial charge is 0.166 e. The van der Waals surface area contributed by atoms with Gasteiger partial charge in [0, 0.05) is 26.5 Å². The van der Waals surface area contributed by atoms with Gasteiger partial charge in [-0.15, -0.1) is 0 Å². The Morgan fingerprint density at radius 3 is 2.83 bits per heavy atom. The van der Waals surface area contributed by atoms with Gasteiger partial charge in [0.05, 0.1) is 11.4 Å². The molecule has 0 aliphatic heterocycles. The molecule has 0 saturated heterocycles. The molecule has 0 aliphatic carbocycles. The topological polar surface area (TPSA) is 61.9 Å². The van der Waals surface area contributed by atoms with E-state index in [4.69, 9.17) is 0 Å². The van der Waals surface area contributed by atoms with Crippen molar-refractivity contribution in [3.8, 4) is 11.9 Å². The van der Waals surface area contributed by atoms with Gasteiger partial charge in [-0.1, -0.05) is 0 Å². The third-order valence-electron chi connectivity index (χ3n) is 2.63. The molecule has 2 aromatic heterocycles. The fourth-order valence-corrected chi connectivity index (χ4v) is 1.79. The highest BCUT2D eigenvalue weighted by molar-refractivity contribution is 5.75.